The van der Waals surface area contributed by atoms with E-state index in [1.165, 1.54) is 0 Å². The molecule has 0 spiro atoms. The van der Waals surface area contributed by atoms with Crippen molar-refractivity contribution in [2.75, 3.05) is 6.54 Å². The Morgan fingerprint density at radius 2 is 1.79 bits per heavy atom. The molecule has 0 heterocycles. The lowest BCUT2D eigenvalue weighted by molar-refractivity contribution is -0.149. The zero-order valence-electron chi connectivity index (χ0n) is 12.0. The molecule has 4 N–H and O–H groups in total. The summed E-state index contributed by atoms with van der Waals surface area (Å²) in [6.07, 6.45) is 5.23. The van der Waals surface area contributed by atoms with Gasteiger partial charge in [0.05, 0.1) is 5.41 Å². The van der Waals surface area contributed by atoms with Crippen molar-refractivity contribution in [3.8, 4) is 0 Å². The number of nitrogens with one attached hydrogen (secondary N) is 1. The van der Waals surface area contributed by atoms with E-state index < -0.39 is 11.4 Å². The van der Waals surface area contributed by atoms with Gasteiger partial charge >= 0.3 is 5.97 Å². The van der Waals surface area contributed by atoms with Crippen molar-refractivity contribution in [1.82, 2.24) is 5.32 Å². The summed E-state index contributed by atoms with van der Waals surface area (Å²) in [4.78, 5) is 23.2. The number of amides is 1. The van der Waals surface area contributed by atoms with Crippen molar-refractivity contribution >= 4 is 11.9 Å². The molecule has 1 aliphatic rings. The van der Waals surface area contributed by atoms with Crippen LogP contribution in [0.4, 0.5) is 0 Å². The van der Waals surface area contributed by atoms with E-state index >= 15 is 0 Å². The van der Waals surface area contributed by atoms with Crippen LogP contribution in [0.5, 0.6) is 0 Å². The molecule has 0 aliphatic heterocycles. The Morgan fingerprint density at radius 3 is 2.21 bits per heavy atom. The minimum atomic E-state index is -0.854. The zero-order valence-corrected chi connectivity index (χ0v) is 12.0. The van der Waals surface area contributed by atoms with E-state index in [1.54, 1.807) is 0 Å². The van der Waals surface area contributed by atoms with E-state index in [1.807, 2.05) is 13.8 Å². The lowest BCUT2D eigenvalue weighted by atomic mass is 9.82. The fourth-order valence-corrected chi connectivity index (χ4v) is 2.78. The van der Waals surface area contributed by atoms with Gasteiger partial charge < -0.3 is 16.2 Å². The Labute approximate surface area is 114 Å². The summed E-state index contributed by atoms with van der Waals surface area (Å²) in [5.41, 5.74) is 4.91. The van der Waals surface area contributed by atoms with E-state index in [-0.39, 0.29) is 18.0 Å². The first-order valence-corrected chi connectivity index (χ1v) is 7.16. The zero-order chi connectivity index (χ0) is 14.5. The van der Waals surface area contributed by atoms with Gasteiger partial charge in [0, 0.05) is 18.5 Å². The minimum absolute atomic E-state index is 0.128. The van der Waals surface area contributed by atoms with Crippen molar-refractivity contribution in [2.24, 2.45) is 11.1 Å². The topological polar surface area (TPSA) is 92.4 Å². The number of nitrogens with two attached hydrogens (primary N) is 1. The second kappa shape index (κ2) is 6.37. The largest absolute Gasteiger partial charge is 0.481 e. The van der Waals surface area contributed by atoms with Gasteiger partial charge in [-0.2, -0.15) is 0 Å². The number of rotatable bonds is 7. The second-order valence-electron chi connectivity index (χ2n) is 5.82. The molecular formula is C14H26N2O3. The highest BCUT2D eigenvalue weighted by Gasteiger charge is 2.36. The molecule has 0 atom stereocenters. The third-order valence-corrected chi connectivity index (χ3v) is 4.54. The van der Waals surface area contributed by atoms with Crippen molar-refractivity contribution < 1.29 is 14.7 Å². The quantitative estimate of drug-likeness (QED) is 0.656. The van der Waals surface area contributed by atoms with Crippen LogP contribution >= 0.6 is 0 Å². The molecule has 0 bridgehead atoms. The SMILES string of the molecule is CCC(CC)(CNC(=O)CC1(N)CCCC1)C(=O)O. The van der Waals surface area contributed by atoms with Gasteiger partial charge in [0.1, 0.15) is 0 Å². The maximum Gasteiger partial charge on any atom is 0.311 e. The molecule has 5 heteroatoms. The highest BCUT2D eigenvalue weighted by atomic mass is 16.4. The molecule has 0 radical (unpaired) electrons. The van der Waals surface area contributed by atoms with Crippen LogP contribution in [-0.4, -0.2) is 29.1 Å². The fraction of sp³-hybridized carbons (Fsp3) is 0.857. The van der Waals surface area contributed by atoms with Gasteiger partial charge in [-0.25, -0.2) is 0 Å². The third kappa shape index (κ3) is 3.93. The van der Waals surface area contributed by atoms with Crippen LogP contribution < -0.4 is 11.1 Å². The first kappa shape index (κ1) is 16.0. The molecule has 0 aromatic rings. The fourth-order valence-electron chi connectivity index (χ4n) is 2.78. The van der Waals surface area contributed by atoms with E-state index in [2.05, 4.69) is 5.32 Å². The van der Waals surface area contributed by atoms with Gasteiger partial charge in [-0.05, 0) is 25.7 Å². The van der Waals surface area contributed by atoms with E-state index in [9.17, 15) is 14.7 Å². The molecule has 0 aromatic heterocycles. The maximum atomic E-state index is 11.9. The van der Waals surface area contributed by atoms with Gasteiger partial charge in [0.25, 0.3) is 0 Å². The smallest absolute Gasteiger partial charge is 0.311 e. The predicted octanol–water partition coefficient (Wildman–Crippen LogP) is 1.66. The monoisotopic (exact) mass is 270 g/mol. The molecule has 0 aromatic carbocycles. The van der Waals surface area contributed by atoms with Crippen molar-refractivity contribution in [3.63, 3.8) is 0 Å². The Balaban J connectivity index is 2.50. The number of aliphatic carboxylic acids is 1. The number of carbonyl (C=O) groups excluding carboxylic acids is 1. The van der Waals surface area contributed by atoms with E-state index in [0.29, 0.717) is 19.3 Å². The van der Waals surface area contributed by atoms with Crippen molar-refractivity contribution in [2.45, 2.75) is 64.3 Å². The van der Waals surface area contributed by atoms with Crippen LogP contribution in [0, 0.1) is 5.41 Å². The molecular weight excluding hydrogens is 244 g/mol. The van der Waals surface area contributed by atoms with Gasteiger partial charge in [-0.15, -0.1) is 0 Å². The molecule has 5 nitrogen and oxygen atoms in total. The Kier molecular flexibility index (Phi) is 5.35. The third-order valence-electron chi connectivity index (χ3n) is 4.54. The molecule has 1 saturated carbocycles. The maximum absolute atomic E-state index is 11.9. The van der Waals surface area contributed by atoms with Crippen LogP contribution in [0.25, 0.3) is 0 Å². The molecule has 1 rings (SSSR count). The molecule has 1 fully saturated rings. The number of hydrogen-bond donors (Lipinski definition) is 3. The Bertz CT molecular complexity index is 332. The summed E-state index contributed by atoms with van der Waals surface area (Å²) in [7, 11) is 0. The lowest BCUT2D eigenvalue weighted by Gasteiger charge is -2.28. The first-order chi connectivity index (χ1) is 8.87. The number of carboxylic acid groups (broad SMARTS) is 1. The Hall–Kier alpha value is -1.10. The molecule has 0 unspecified atom stereocenters. The molecule has 110 valence electrons. The van der Waals surface area contributed by atoms with Crippen LogP contribution in [0.1, 0.15) is 58.8 Å². The van der Waals surface area contributed by atoms with Crippen molar-refractivity contribution in [1.29, 1.82) is 0 Å². The normalized spacial score (nSPS) is 18.3. The Morgan fingerprint density at radius 1 is 1.26 bits per heavy atom. The lowest BCUT2D eigenvalue weighted by Crippen LogP contribution is -2.46. The molecule has 0 saturated heterocycles. The average molecular weight is 270 g/mol. The summed E-state index contributed by atoms with van der Waals surface area (Å²) in [5.74, 6) is -0.974. The van der Waals surface area contributed by atoms with E-state index in [4.69, 9.17) is 5.73 Å². The number of hydrogen-bond acceptors (Lipinski definition) is 3. The number of carboxylic acids is 1. The van der Waals surface area contributed by atoms with E-state index in [0.717, 1.165) is 25.7 Å². The van der Waals surface area contributed by atoms with Gasteiger partial charge in [-0.1, -0.05) is 26.7 Å². The number of carbonyl (C=O) groups is 2. The van der Waals surface area contributed by atoms with Crippen LogP contribution in [0.15, 0.2) is 0 Å². The highest BCUT2D eigenvalue weighted by Crippen LogP contribution is 2.30. The molecule has 1 amide bonds. The molecule has 19 heavy (non-hydrogen) atoms. The van der Waals surface area contributed by atoms with Crippen LogP contribution in [-0.2, 0) is 9.59 Å². The van der Waals surface area contributed by atoms with Gasteiger partial charge in [-0.3, -0.25) is 9.59 Å². The minimum Gasteiger partial charge on any atom is -0.481 e. The summed E-state index contributed by atoms with van der Waals surface area (Å²) in [6, 6.07) is 0. The van der Waals surface area contributed by atoms with Crippen molar-refractivity contribution in [3.05, 3.63) is 0 Å². The van der Waals surface area contributed by atoms with Crippen LogP contribution in [0.3, 0.4) is 0 Å². The first-order valence-electron chi connectivity index (χ1n) is 7.16. The standard InChI is InChI=1S/C14H26N2O3/c1-3-13(4-2,12(18)19)10-16-11(17)9-14(15)7-5-6-8-14/h3-10,15H2,1-2H3,(H,16,17)(H,18,19). The molecule has 1 aliphatic carbocycles. The summed E-state index contributed by atoms with van der Waals surface area (Å²) in [6.45, 7) is 3.86. The van der Waals surface area contributed by atoms with Gasteiger partial charge in [0.2, 0.25) is 5.91 Å². The summed E-state index contributed by atoms with van der Waals surface area (Å²) < 4.78 is 0. The summed E-state index contributed by atoms with van der Waals surface area (Å²) >= 11 is 0. The highest BCUT2D eigenvalue weighted by molar-refractivity contribution is 5.79. The second-order valence-corrected chi connectivity index (χ2v) is 5.82. The van der Waals surface area contributed by atoms with Gasteiger partial charge in [0.15, 0.2) is 0 Å². The van der Waals surface area contributed by atoms with Crippen LogP contribution in [0.2, 0.25) is 0 Å². The average Bonchev–Trinajstić information content (AvgIpc) is 2.77. The predicted molar refractivity (Wildman–Crippen MR) is 73.7 cm³/mol. The summed E-state index contributed by atoms with van der Waals surface area (Å²) in [5, 5.41) is 12.1.